The molecule has 1 aromatic heterocycles. The maximum atomic E-state index is 15.0. The minimum Gasteiger partial charge on any atom is -0.436 e. The number of nitrogens with one attached hydrogen (secondary N) is 2. The second-order valence-corrected chi connectivity index (χ2v) is 8.88. The Morgan fingerprint density at radius 3 is 2.76 bits per heavy atom. The third kappa shape index (κ3) is 3.69. The Labute approximate surface area is 199 Å². The van der Waals surface area contributed by atoms with Gasteiger partial charge in [-0.25, -0.2) is 18.6 Å². The number of benzene rings is 2. The fourth-order valence-corrected chi connectivity index (χ4v) is 4.97. The van der Waals surface area contributed by atoms with Crippen LogP contribution in [-0.2, 0) is 10.3 Å². The molecule has 10 heteroatoms. The quantitative estimate of drug-likeness (QED) is 0.531. The van der Waals surface area contributed by atoms with Crippen LogP contribution in [0.3, 0.4) is 0 Å². The molecule has 2 atom stereocenters. The number of hydrogen-bond acceptors (Lipinski definition) is 4. The first-order chi connectivity index (χ1) is 16.3. The maximum absolute atomic E-state index is 15.0. The van der Waals surface area contributed by atoms with Crippen molar-refractivity contribution in [3.63, 3.8) is 0 Å². The number of imidazole rings is 1. The molecule has 5 rings (SSSR count). The third-order valence-electron chi connectivity index (χ3n) is 6.45. The van der Waals surface area contributed by atoms with Crippen LogP contribution in [0.25, 0.3) is 0 Å². The van der Waals surface area contributed by atoms with Crippen molar-refractivity contribution in [2.75, 3.05) is 18.4 Å². The van der Waals surface area contributed by atoms with Gasteiger partial charge in [-0.2, -0.15) is 0 Å². The molecule has 2 aromatic carbocycles. The molecule has 0 unspecified atom stereocenters. The van der Waals surface area contributed by atoms with Crippen LogP contribution in [0.15, 0.2) is 42.6 Å². The molecule has 34 heavy (non-hydrogen) atoms. The number of fused-ring (bicyclic) bond motifs is 2. The van der Waals surface area contributed by atoms with Crippen molar-refractivity contribution in [3.05, 3.63) is 81.9 Å². The number of anilines is 1. The lowest BCUT2D eigenvalue weighted by Gasteiger charge is -2.35. The van der Waals surface area contributed by atoms with E-state index in [0.717, 1.165) is 11.3 Å². The van der Waals surface area contributed by atoms with Gasteiger partial charge in [0.05, 0.1) is 22.8 Å². The number of ether oxygens (including phenoxy) is 1. The van der Waals surface area contributed by atoms with Crippen molar-refractivity contribution >= 4 is 29.3 Å². The van der Waals surface area contributed by atoms with Gasteiger partial charge in [-0.15, -0.1) is 0 Å². The number of likely N-dealkylation sites (tertiary alicyclic amines) is 1. The summed E-state index contributed by atoms with van der Waals surface area (Å²) < 4.78 is 33.8. The minimum atomic E-state index is -1.34. The summed E-state index contributed by atoms with van der Waals surface area (Å²) in [6, 6.07) is 9.09. The highest BCUT2D eigenvalue weighted by Gasteiger charge is 2.51. The van der Waals surface area contributed by atoms with Crippen LogP contribution in [0.1, 0.15) is 53.1 Å². The molecule has 0 saturated carbocycles. The Morgan fingerprint density at radius 1 is 1.26 bits per heavy atom. The van der Waals surface area contributed by atoms with Gasteiger partial charge in [-0.3, -0.25) is 10.1 Å². The number of rotatable bonds is 4. The van der Waals surface area contributed by atoms with Crippen molar-refractivity contribution in [2.45, 2.75) is 31.3 Å². The van der Waals surface area contributed by atoms with Crippen molar-refractivity contribution in [1.29, 1.82) is 0 Å². The summed E-state index contributed by atoms with van der Waals surface area (Å²) in [7, 11) is 0. The number of hydrogen-bond donors (Lipinski definition) is 2. The van der Waals surface area contributed by atoms with Crippen molar-refractivity contribution in [2.24, 2.45) is 0 Å². The van der Waals surface area contributed by atoms with Gasteiger partial charge in [0.2, 0.25) is 0 Å². The predicted molar refractivity (Wildman–Crippen MR) is 121 cm³/mol. The summed E-state index contributed by atoms with van der Waals surface area (Å²) in [5.41, 5.74) is 0.702. The molecule has 1 saturated heterocycles. The number of halogens is 3. The lowest BCUT2D eigenvalue weighted by molar-refractivity contribution is 0.0157. The monoisotopic (exact) mass is 486 g/mol. The van der Waals surface area contributed by atoms with E-state index in [4.69, 9.17) is 16.3 Å². The van der Waals surface area contributed by atoms with Gasteiger partial charge in [0, 0.05) is 30.8 Å². The Kier molecular flexibility index (Phi) is 5.51. The van der Waals surface area contributed by atoms with E-state index in [1.807, 2.05) is 6.92 Å². The molecule has 1 fully saturated rings. The van der Waals surface area contributed by atoms with Gasteiger partial charge in [0.15, 0.2) is 17.2 Å². The zero-order valence-electron chi connectivity index (χ0n) is 18.2. The highest BCUT2D eigenvalue weighted by Crippen LogP contribution is 2.45. The molecule has 0 radical (unpaired) electrons. The second-order valence-electron chi connectivity index (χ2n) is 8.47. The number of nitrogens with zero attached hydrogens (tertiary/aromatic N) is 2. The average molecular weight is 487 g/mol. The van der Waals surface area contributed by atoms with E-state index in [1.54, 1.807) is 18.3 Å². The highest BCUT2D eigenvalue weighted by molar-refractivity contribution is 6.31. The lowest BCUT2D eigenvalue weighted by atomic mass is 9.89. The normalized spacial score (nSPS) is 20.1. The first-order valence-electron chi connectivity index (χ1n) is 10.9. The van der Waals surface area contributed by atoms with Gasteiger partial charge in [-0.1, -0.05) is 30.7 Å². The molecule has 3 aromatic rings. The van der Waals surface area contributed by atoms with Crippen LogP contribution in [0, 0.1) is 11.6 Å². The largest absolute Gasteiger partial charge is 0.436 e. The summed E-state index contributed by atoms with van der Waals surface area (Å²) in [6.45, 7) is 2.20. The average Bonchev–Trinajstić information content (AvgIpc) is 3.46. The van der Waals surface area contributed by atoms with Crippen molar-refractivity contribution < 1.29 is 23.1 Å². The standard InChI is InChI=1S/C24H21ClF2N4O3/c1-2-15(13-3-5-14(26)6-4-13)18-11-28-21(29-18)22(32)31-10-9-24(12-31)19-17(30-23(33)34-24)8-7-16(25)20(19)27/h3-8,11,15H,2,9-10,12H2,1H3,(H,28,29)(H,30,33)/t15-,24-/m0/s1. The second kappa shape index (κ2) is 8.39. The summed E-state index contributed by atoms with van der Waals surface area (Å²) in [5, 5.41) is 2.40. The van der Waals surface area contributed by atoms with Crippen molar-refractivity contribution in [1.82, 2.24) is 14.9 Å². The van der Waals surface area contributed by atoms with Crippen LogP contribution in [-0.4, -0.2) is 40.0 Å². The Bertz CT molecular complexity index is 1280. The van der Waals surface area contributed by atoms with Gasteiger partial charge < -0.3 is 14.6 Å². The molecule has 2 amide bonds. The molecule has 0 bridgehead atoms. The number of carbonyl (C=O) groups is 2. The minimum absolute atomic E-state index is 0.0330. The summed E-state index contributed by atoms with van der Waals surface area (Å²) in [4.78, 5) is 34.2. The van der Waals surface area contributed by atoms with Crippen LogP contribution < -0.4 is 5.32 Å². The van der Waals surface area contributed by atoms with E-state index in [9.17, 15) is 18.4 Å². The van der Waals surface area contributed by atoms with Crippen LogP contribution in [0.4, 0.5) is 19.3 Å². The van der Waals surface area contributed by atoms with Gasteiger partial charge in [-0.05, 0) is 36.2 Å². The molecule has 2 aliphatic rings. The summed E-state index contributed by atoms with van der Waals surface area (Å²) in [5.74, 6) is -1.36. The first kappa shape index (κ1) is 22.3. The summed E-state index contributed by atoms with van der Waals surface area (Å²) >= 11 is 5.98. The van der Waals surface area contributed by atoms with E-state index in [-0.39, 0.29) is 53.3 Å². The molecule has 2 aliphatic heterocycles. The Morgan fingerprint density at radius 2 is 2.03 bits per heavy atom. The van der Waals surface area contributed by atoms with Crippen LogP contribution >= 0.6 is 11.6 Å². The predicted octanol–water partition coefficient (Wildman–Crippen LogP) is 5.19. The molecular weight excluding hydrogens is 466 g/mol. The van der Waals surface area contributed by atoms with E-state index in [0.29, 0.717) is 6.42 Å². The van der Waals surface area contributed by atoms with E-state index in [2.05, 4.69) is 15.3 Å². The number of amides is 2. The van der Waals surface area contributed by atoms with Crippen LogP contribution in [0.2, 0.25) is 5.02 Å². The molecule has 2 N–H and O–H groups in total. The van der Waals surface area contributed by atoms with Gasteiger partial charge in [0.25, 0.3) is 5.91 Å². The molecule has 7 nitrogen and oxygen atoms in total. The molecular formula is C24H21ClF2N4O3. The van der Waals surface area contributed by atoms with E-state index >= 15 is 0 Å². The van der Waals surface area contributed by atoms with Crippen molar-refractivity contribution in [3.8, 4) is 0 Å². The Hall–Kier alpha value is -3.46. The number of H-pyrrole nitrogens is 1. The topological polar surface area (TPSA) is 87.3 Å². The SMILES string of the molecule is CC[C@@H](c1ccc(F)cc1)c1cnc(C(=O)N2CC[C@@]3(C2)OC(=O)Nc2ccc(Cl)c(F)c23)[nH]1. The number of aromatic amines is 1. The third-order valence-corrected chi connectivity index (χ3v) is 6.74. The lowest BCUT2D eigenvalue weighted by Crippen LogP contribution is -2.43. The molecule has 1 spiro atoms. The molecule has 3 heterocycles. The maximum Gasteiger partial charge on any atom is 0.412 e. The fraction of sp³-hybridized carbons (Fsp3) is 0.292. The van der Waals surface area contributed by atoms with Gasteiger partial charge in [0.1, 0.15) is 5.82 Å². The highest BCUT2D eigenvalue weighted by atomic mass is 35.5. The smallest absolute Gasteiger partial charge is 0.412 e. The van der Waals surface area contributed by atoms with E-state index in [1.165, 1.54) is 29.2 Å². The van der Waals surface area contributed by atoms with E-state index < -0.39 is 23.4 Å². The fourth-order valence-electron chi connectivity index (χ4n) is 4.81. The molecule has 176 valence electrons. The van der Waals surface area contributed by atoms with Gasteiger partial charge >= 0.3 is 6.09 Å². The van der Waals surface area contributed by atoms with Crippen LogP contribution in [0.5, 0.6) is 0 Å². The first-order valence-corrected chi connectivity index (χ1v) is 11.3. The summed E-state index contributed by atoms with van der Waals surface area (Å²) in [6.07, 6.45) is 1.81. The molecule has 0 aliphatic carbocycles. The number of aromatic nitrogens is 2. The number of carbonyl (C=O) groups excluding carboxylic acids is 2. The zero-order chi connectivity index (χ0) is 24.0. The zero-order valence-corrected chi connectivity index (χ0v) is 19.0. The Balaban J connectivity index is 1.40.